The molecule has 0 spiro atoms. The van der Waals surface area contributed by atoms with Gasteiger partial charge >= 0.3 is 35.4 Å². The number of nitro groups is 1. The van der Waals surface area contributed by atoms with Crippen molar-refractivity contribution in [3.05, 3.63) is 22.1 Å². The molecular weight excluding hydrogens is 185 g/mol. The molecule has 13 heavy (non-hydrogen) atoms. The average molecular weight is 193 g/mol. The zero-order valence-corrected chi connectivity index (χ0v) is 9.56. The van der Waals surface area contributed by atoms with Gasteiger partial charge in [-0.15, -0.1) is 6.61 Å². The third-order valence-electron chi connectivity index (χ3n) is 1.54. The molecule has 1 heterocycles. The molecule has 0 aliphatic rings. The van der Waals surface area contributed by atoms with Gasteiger partial charge in [0.25, 0.3) is 0 Å². The van der Waals surface area contributed by atoms with Gasteiger partial charge in [0.1, 0.15) is 6.20 Å². The van der Waals surface area contributed by atoms with Crippen LogP contribution in [0, 0.1) is 17.0 Å². The SMILES string of the molecule is Cc1ncc([N+](=O)[O-])n1CC[O-].[Na+]. The van der Waals surface area contributed by atoms with Gasteiger partial charge in [-0.25, -0.2) is 9.55 Å². The molecular formula is C6H8N3NaO3. The second-order valence-corrected chi connectivity index (χ2v) is 2.28. The van der Waals surface area contributed by atoms with E-state index in [2.05, 4.69) is 4.98 Å². The van der Waals surface area contributed by atoms with Crippen molar-refractivity contribution in [2.45, 2.75) is 13.5 Å². The molecule has 0 aliphatic heterocycles. The standard InChI is InChI=1S/C6H8N3O3.Na/c1-5-7-4-6(9(11)12)8(5)2-3-10;/h4H,2-3H2,1H3;/q-1;+1. The van der Waals surface area contributed by atoms with Gasteiger partial charge in [0, 0.05) is 6.92 Å². The third-order valence-corrected chi connectivity index (χ3v) is 1.54. The topological polar surface area (TPSA) is 84.0 Å². The van der Waals surface area contributed by atoms with Crippen molar-refractivity contribution in [1.29, 1.82) is 0 Å². The summed E-state index contributed by atoms with van der Waals surface area (Å²) in [6, 6.07) is 0. The summed E-state index contributed by atoms with van der Waals surface area (Å²) in [5.74, 6) is 0.376. The van der Waals surface area contributed by atoms with Gasteiger partial charge in [0.15, 0.2) is 5.82 Å². The molecule has 0 atom stereocenters. The number of aromatic nitrogens is 2. The van der Waals surface area contributed by atoms with Crippen LogP contribution in [0.3, 0.4) is 0 Å². The second kappa shape index (κ2) is 5.33. The molecule has 66 valence electrons. The molecule has 6 nitrogen and oxygen atoms in total. The largest absolute Gasteiger partial charge is 1.00 e. The molecule has 0 aromatic carbocycles. The predicted octanol–water partition coefficient (Wildman–Crippen LogP) is -3.54. The molecule has 7 heteroatoms. The Bertz CT molecular complexity index is 299. The molecule has 0 bridgehead atoms. The van der Waals surface area contributed by atoms with Crippen molar-refractivity contribution >= 4 is 5.82 Å². The van der Waals surface area contributed by atoms with Gasteiger partial charge in [0.05, 0.1) is 6.54 Å². The molecule has 0 aliphatic carbocycles. The minimum Gasteiger partial charge on any atom is -0.852 e. The van der Waals surface area contributed by atoms with E-state index in [9.17, 15) is 15.2 Å². The molecule has 0 N–H and O–H groups in total. The summed E-state index contributed by atoms with van der Waals surface area (Å²) in [7, 11) is 0. The molecule has 1 aromatic rings. The van der Waals surface area contributed by atoms with Crippen LogP contribution >= 0.6 is 0 Å². The first-order valence-corrected chi connectivity index (χ1v) is 3.41. The van der Waals surface area contributed by atoms with Crippen LogP contribution in [-0.2, 0) is 6.54 Å². The van der Waals surface area contributed by atoms with E-state index in [4.69, 9.17) is 0 Å². The van der Waals surface area contributed by atoms with E-state index in [1.54, 1.807) is 6.92 Å². The van der Waals surface area contributed by atoms with Crippen molar-refractivity contribution in [2.75, 3.05) is 6.61 Å². The van der Waals surface area contributed by atoms with E-state index >= 15 is 0 Å². The number of imidazole rings is 1. The summed E-state index contributed by atoms with van der Waals surface area (Å²) in [4.78, 5) is 13.5. The Kier molecular flexibility index (Phi) is 5.16. The van der Waals surface area contributed by atoms with E-state index in [1.807, 2.05) is 0 Å². The van der Waals surface area contributed by atoms with Crippen molar-refractivity contribution in [3.8, 4) is 0 Å². The molecule has 0 unspecified atom stereocenters. The summed E-state index contributed by atoms with van der Waals surface area (Å²) in [5.41, 5.74) is 0. The third kappa shape index (κ3) is 2.77. The Morgan fingerprint density at radius 1 is 1.69 bits per heavy atom. The summed E-state index contributed by atoms with van der Waals surface area (Å²) < 4.78 is 1.30. The first kappa shape index (κ1) is 12.6. The van der Waals surface area contributed by atoms with Gasteiger partial charge in [-0.1, -0.05) is 0 Å². The van der Waals surface area contributed by atoms with Crippen LogP contribution in [0.25, 0.3) is 0 Å². The van der Waals surface area contributed by atoms with E-state index < -0.39 is 4.92 Å². The fourth-order valence-corrected chi connectivity index (χ4v) is 0.970. The molecule has 1 aromatic heterocycles. The molecule has 0 saturated heterocycles. The van der Waals surface area contributed by atoms with Crippen molar-refractivity contribution in [3.63, 3.8) is 0 Å². The average Bonchev–Trinajstić information content (AvgIpc) is 2.34. The summed E-state index contributed by atoms with van der Waals surface area (Å²) in [5, 5.41) is 20.6. The molecule has 0 radical (unpaired) electrons. The molecule has 0 saturated carbocycles. The van der Waals surface area contributed by atoms with Crippen LogP contribution in [0.2, 0.25) is 0 Å². The molecule has 1 rings (SSSR count). The van der Waals surface area contributed by atoms with Crippen LogP contribution < -0.4 is 34.7 Å². The van der Waals surface area contributed by atoms with Crippen LogP contribution in [0.4, 0.5) is 5.82 Å². The summed E-state index contributed by atoms with van der Waals surface area (Å²) in [6.45, 7) is 1.35. The smallest absolute Gasteiger partial charge is 0.852 e. The number of hydrogen-bond acceptors (Lipinski definition) is 4. The maximum absolute atomic E-state index is 10.4. The maximum Gasteiger partial charge on any atom is 1.00 e. The predicted molar refractivity (Wildman–Crippen MR) is 38.5 cm³/mol. The van der Waals surface area contributed by atoms with Crippen molar-refractivity contribution in [1.82, 2.24) is 9.55 Å². The second-order valence-electron chi connectivity index (χ2n) is 2.28. The zero-order chi connectivity index (χ0) is 9.14. The quantitative estimate of drug-likeness (QED) is 0.283. The Morgan fingerprint density at radius 2 is 2.31 bits per heavy atom. The summed E-state index contributed by atoms with van der Waals surface area (Å²) in [6.07, 6.45) is 1.16. The van der Waals surface area contributed by atoms with Gasteiger partial charge in [0.2, 0.25) is 0 Å². The Morgan fingerprint density at radius 3 is 2.77 bits per heavy atom. The van der Waals surface area contributed by atoms with E-state index in [-0.39, 0.29) is 48.5 Å². The van der Waals surface area contributed by atoms with Crippen LogP contribution in [0.5, 0.6) is 0 Å². The Hall–Kier alpha value is -0.430. The molecule has 0 amide bonds. The van der Waals surface area contributed by atoms with Crippen LogP contribution in [0.1, 0.15) is 5.82 Å². The normalized spacial score (nSPS) is 9.38. The van der Waals surface area contributed by atoms with E-state index in [0.29, 0.717) is 5.82 Å². The van der Waals surface area contributed by atoms with Crippen LogP contribution in [0.15, 0.2) is 6.20 Å². The molecule has 0 fully saturated rings. The summed E-state index contributed by atoms with van der Waals surface area (Å²) >= 11 is 0. The fourth-order valence-electron chi connectivity index (χ4n) is 0.970. The first-order valence-electron chi connectivity index (χ1n) is 3.41. The number of aryl methyl sites for hydroxylation is 1. The van der Waals surface area contributed by atoms with Gasteiger partial charge in [-0.3, -0.25) is 0 Å². The van der Waals surface area contributed by atoms with E-state index in [0.717, 1.165) is 6.20 Å². The fraction of sp³-hybridized carbons (Fsp3) is 0.500. The Balaban J connectivity index is 0.00000144. The number of nitrogens with zero attached hydrogens (tertiary/aromatic N) is 3. The van der Waals surface area contributed by atoms with Gasteiger partial charge < -0.3 is 15.2 Å². The number of rotatable bonds is 3. The Labute approximate surface area is 97.0 Å². The minimum atomic E-state index is -0.546. The minimum absolute atomic E-state index is 0. The van der Waals surface area contributed by atoms with Crippen molar-refractivity contribution < 1.29 is 39.6 Å². The van der Waals surface area contributed by atoms with Gasteiger partial charge in [-0.2, -0.15) is 0 Å². The zero-order valence-electron chi connectivity index (χ0n) is 7.56. The van der Waals surface area contributed by atoms with E-state index in [1.165, 1.54) is 4.57 Å². The van der Waals surface area contributed by atoms with Gasteiger partial charge in [-0.05, 0) is 4.92 Å². The monoisotopic (exact) mass is 193 g/mol. The van der Waals surface area contributed by atoms with Crippen LogP contribution in [-0.4, -0.2) is 21.1 Å². The maximum atomic E-state index is 10.4. The van der Waals surface area contributed by atoms with Crippen molar-refractivity contribution in [2.24, 2.45) is 0 Å². The first-order chi connectivity index (χ1) is 5.66. The number of hydrogen-bond donors (Lipinski definition) is 0.